The summed E-state index contributed by atoms with van der Waals surface area (Å²) >= 11 is 0. The highest BCUT2D eigenvalue weighted by atomic mass is 32.2. The molecular weight excluding hydrogens is 300 g/mol. The van der Waals surface area contributed by atoms with Gasteiger partial charge < -0.3 is 10.4 Å². The van der Waals surface area contributed by atoms with Crippen molar-refractivity contribution in [2.75, 3.05) is 5.75 Å². The standard InChI is InChI=1S/C10H9F2NO6S/c11-5-1-2-6(7(12)3-5)9(14)13-8(10(15)16)4-20(17,18)19/h1-3,8H,4H2,(H,13,14)(H,15,16)(H,17,18,19). The van der Waals surface area contributed by atoms with E-state index in [1.807, 2.05) is 0 Å². The Balaban J connectivity index is 2.94. The molecule has 1 aromatic carbocycles. The Morgan fingerprint density at radius 2 is 1.90 bits per heavy atom. The molecule has 0 bridgehead atoms. The molecule has 0 aliphatic carbocycles. The van der Waals surface area contributed by atoms with Crippen molar-refractivity contribution in [3.8, 4) is 0 Å². The Bertz CT molecular complexity index is 645. The Morgan fingerprint density at radius 1 is 1.30 bits per heavy atom. The molecule has 0 heterocycles. The zero-order chi connectivity index (χ0) is 15.5. The molecule has 1 rings (SSSR count). The molecule has 0 aliphatic heterocycles. The molecule has 0 saturated heterocycles. The number of halogens is 2. The van der Waals surface area contributed by atoms with Crippen molar-refractivity contribution in [3.63, 3.8) is 0 Å². The lowest BCUT2D eigenvalue weighted by molar-refractivity contribution is -0.138. The Kier molecular flexibility index (Phi) is 4.73. The third-order valence-electron chi connectivity index (χ3n) is 2.16. The number of carboxylic acids is 1. The normalized spacial score (nSPS) is 12.8. The summed E-state index contributed by atoms with van der Waals surface area (Å²) in [6, 6.07) is -0.0157. The number of benzene rings is 1. The number of carboxylic acid groups (broad SMARTS) is 1. The average molecular weight is 309 g/mol. The fourth-order valence-corrected chi connectivity index (χ4v) is 1.94. The van der Waals surface area contributed by atoms with Crippen LogP contribution >= 0.6 is 0 Å². The van der Waals surface area contributed by atoms with E-state index in [2.05, 4.69) is 0 Å². The maximum atomic E-state index is 13.3. The van der Waals surface area contributed by atoms with Crippen LogP contribution in [0.2, 0.25) is 0 Å². The Morgan fingerprint density at radius 3 is 2.35 bits per heavy atom. The first kappa shape index (κ1) is 16.0. The van der Waals surface area contributed by atoms with E-state index in [0.29, 0.717) is 6.07 Å². The largest absolute Gasteiger partial charge is 0.480 e. The maximum Gasteiger partial charge on any atom is 0.327 e. The lowest BCUT2D eigenvalue weighted by atomic mass is 10.2. The van der Waals surface area contributed by atoms with Crippen LogP contribution in [-0.4, -0.2) is 41.7 Å². The van der Waals surface area contributed by atoms with E-state index >= 15 is 0 Å². The average Bonchev–Trinajstić information content (AvgIpc) is 2.25. The molecule has 1 amide bonds. The van der Waals surface area contributed by atoms with Crippen molar-refractivity contribution in [1.29, 1.82) is 0 Å². The smallest absolute Gasteiger partial charge is 0.327 e. The van der Waals surface area contributed by atoms with Gasteiger partial charge in [-0.25, -0.2) is 13.6 Å². The van der Waals surface area contributed by atoms with Crippen LogP contribution in [-0.2, 0) is 14.9 Å². The lowest BCUT2D eigenvalue weighted by Crippen LogP contribution is -2.45. The minimum Gasteiger partial charge on any atom is -0.480 e. The van der Waals surface area contributed by atoms with Crippen molar-refractivity contribution in [1.82, 2.24) is 5.32 Å². The summed E-state index contributed by atoms with van der Waals surface area (Å²) < 4.78 is 55.7. The fraction of sp³-hybridized carbons (Fsp3) is 0.200. The molecule has 1 aromatic rings. The molecule has 3 N–H and O–H groups in total. The molecule has 0 fully saturated rings. The number of nitrogens with one attached hydrogen (secondary N) is 1. The maximum absolute atomic E-state index is 13.3. The van der Waals surface area contributed by atoms with Crippen molar-refractivity contribution < 1.29 is 36.4 Å². The summed E-state index contributed by atoms with van der Waals surface area (Å²) in [5, 5.41) is 10.4. The highest BCUT2D eigenvalue weighted by Crippen LogP contribution is 2.09. The number of aliphatic carboxylic acids is 1. The molecule has 20 heavy (non-hydrogen) atoms. The summed E-state index contributed by atoms with van der Waals surface area (Å²) in [6.45, 7) is 0. The second-order valence-corrected chi connectivity index (χ2v) is 5.23. The molecule has 110 valence electrons. The van der Waals surface area contributed by atoms with E-state index in [9.17, 15) is 26.8 Å². The van der Waals surface area contributed by atoms with Gasteiger partial charge in [0.1, 0.15) is 23.4 Å². The molecule has 1 atom stereocenters. The molecule has 1 unspecified atom stereocenters. The minimum absolute atomic E-state index is 0.410. The van der Waals surface area contributed by atoms with Crippen LogP contribution in [0.25, 0.3) is 0 Å². The Labute approximate surface area is 112 Å². The first-order valence-corrected chi connectivity index (χ1v) is 6.65. The first-order chi connectivity index (χ1) is 9.10. The van der Waals surface area contributed by atoms with E-state index in [1.54, 1.807) is 5.32 Å². The quantitative estimate of drug-likeness (QED) is 0.660. The number of rotatable bonds is 5. The number of hydrogen-bond donors (Lipinski definition) is 3. The molecule has 0 saturated carbocycles. The van der Waals surface area contributed by atoms with Gasteiger partial charge in [-0.05, 0) is 12.1 Å². The summed E-state index contributed by atoms with van der Waals surface area (Å²) in [5.74, 6) is -6.45. The van der Waals surface area contributed by atoms with E-state index in [0.717, 1.165) is 12.1 Å². The number of carbonyl (C=O) groups is 2. The summed E-state index contributed by atoms with van der Waals surface area (Å²) in [4.78, 5) is 22.3. The van der Waals surface area contributed by atoms with Crippen LogP contribution in [0.15, 0.2) is 18.2 Å². The van der Waals surface area contributed by atoms with Gasteiger partial charge >= 0.3 is 5.97 Å². The first-order valence-electron chi connectivity index (χ1n) is 5.04. The van der Waals surface area contributed by atoms with Crippen molar-refractivity contribution in [3.05, 3.63) is 35.4 Å². The predicted octanol–water partition coefficient (Wildman–Crippen LogP) is 0.0356. The summed E-state index contributed by atoms with van der Waals surface area (Å²) in [7, 11) is -4.66. The van der Waals surface area contributed by atoms with Crippen LogP contribution < -0.4 is 5.32 Å². The van der Waals surface area contributed by atoms with Crippen molar-refractivity contribution in [2.24, 2.45) is 0 Å². The molecule has 0 aliphatic rings. The molecule has 7 nitrogen and oxygen atoms in total. The zero-order valence-corrected chi connectivity index (χ0v) is 10.5. The summed E-state index contributed by atoms with van der Waals surface area (Å²) in [5.41, 5.74) is -0.659. The van der Waals surface area contributed by atoms with Gasteiger partial charge in [0.05, 0.1) is 5.56 Å². The fourth-order valence-electron chi connectivity index (χ4n) is 1.29. The molecule has 0 radical (unpaired) electrons. The highest BCUT2D eigenvalue weighted by Gasteiger charge is 2.27. The Hall–Kier alpha value is -2.07. The number of carbonyl (C=O) groups excluding carboxylic acids is 1. The van der Waals surface area contributed by atoms with Crippen LogP contribution in [0.1, 0.15) is 10.4 Å². The van der Waals surface area contributed by atoms with Gasteiger partial charge in [0, 0.05) is 6.07 Å². The van der Waals surface area contributed by atoms with Gasteiger partial charge in [0.2, 0.25) is 0 Å². The van der Waals surface area contributed by atoms with E-state index in [4.69, 9.17) is 9.66 Å². The van der Waals surface area contributed by atoms with Crippen LogP contribution in [0, 0.1) is 11.6 Å². The summed E-state index contributed by atoms with van der Waals surface area (Å²) in [6.07, 6.45) is 0. The van der Waals surface area contributed by atoms with E-state index in [1.165, 1.54) is 0 Å². The van der Waals surface area contributed by atoms with Crippen molar-refractivity contribution >= 4 is 22.0 Å². The monoisotopic (exact) mass is 309 g/mol. The molecular formula is C10H9F2NO6S. The van der Waals surface area contributed by atoms with E-state index in [-0.39, 0.29) is 0 Å². The van der Waals surface area contributed by atoms with Gasteiger partial charge in [-0.2, -0.15) is 8.42 Å². The molecule has 0 aromatic heterocycles. The number of amides is 1. The number of hydrogen-bond acceptors (Lipinski definition) is 4. The second kappa shape index (κ2) is 5.92. The van der Waals surface area contributed by atoms with Crippen molar-refractivity contribution in [2.45, 2.75) is 6.04 Å². The van der Waals surface area contributed by atoms with Gasteiger partial charge in [0.15, 0.2) is 0 Å². The lowest BCUT2D eigenvalue weighted by Gasteiger charge is -2.13. The van der Waals surface area contributed by atoms with Crippen LogP contribution in [0.3, 0.4) is 0 Å². The van der Waals surface area contributed by atoms with Gasteiger partial charge in [0.25, 0.3) is 16.0 Å². The van der Waals surface area contributed by atoms with Gasteiger partial charge in [-0.3, -0.25) is 9.35 Å². The molecule has 0 spiro atoms. The zero-order valence-electron chi connectivity index (χ0n) is 9.71. The van der Waals surface area contributed by atoms with Gasteiger partial charge in [-0.15, -0.1) is 0 Å². The highest BCUT2D eigenvalue weighted by molar-refractivity contribution is 7.85. The van der Waals surface area contributed by atoms with E-state index < -0.39 is 51.0 Å². The topological polar surface area (TPSA) is 121 Å². The minimum atomic E-state index is -4.66. The van der Waals surface area contributed by atoms with Crippen LogP contribution in [0.5, 0.6) is 0 Å². The predicted molar refractivity (Wildman–Crippen MR) is 61.7 cm³/mol. The SMILES string of the molecule is O=C(NC(CS(=O)(=O)O)C(=O)O)c1ccc(F)cc1F. The molecule has 10 heteroatoms. The third-order valence-corrected chi connectivity index (χ3v) is 2.91. The van der Waals surface area contributed by atoms with Gasteiger partial charge in [-0.1, -0.05) is 0 Å². The third kappa shape index (κ3) is 4.55. The second-order valence-electron chi connectivity index (χ2n) is 3.74. The van der Waals surface area contributed by atoms with Crippen LogP contribution in [0.4, 0.5) is 8.78 Å².